The molecule has 1 unspecified atom stereocenters. The Bertz CT molecular complexity index is 906. The lowest BCUT2D eigenvalue weighted by Crippen LogP contribution is -2.48. The Hall–Kier alpha value is -2.22. The summed E-state index contributed by atoms with van der Waals surface area (Å²) >= 11 is 7.25. The highest BCUT2D eigenvalue weighted by Crippen LogP contribution is 2.35. The minimum atomic E-state index is -0.366. The van der Waals surface area contributed by atoms with E-state index in [2.05, 4.69) is 31.3 Å². The number of carbonyl (C=O) groups is 1. The Morgan fingerprint density at radius 2 is 2.00 bits per heavy atom. The number of nitrogens with one attached hydrogen (secondary N) is 1. The Morgan fingerprint density at radius 1 is 1.21 bits per heavy atom. The molecule has 5 nitrogen and oxygen atoms in total. The number of thiocarbonyl (C=S) groups is 1. The Balaban J connectivity index is 2.05. The number of thiophene rings is 1. The van der Waals surface area contributed by atoms with Crippen LogP contribution >= 0.6 is 23.6 Å². The van der Waals surface area contributed by atoms with E-state index < -0.39 is 0 Å². The summed E-state index contributed by atoms with van der Waals surface area (Å²) in [5, 5.41) is 7.89. The summed E-state index contributed by atoms with van der Waals surface area (Å²) in [5.41, 5.74) is 5.61. The lowest BCUT2D eigenvalue weighted by molar-refractivity contribution is -0.140. The van der Waals surface area contributed by atoms with Gasteiger partial charge in [0.05, 0.1) is 18.2 Å². The van der Waals surface area contributed by atoms with Crippen LogP contribution in [0, 0.1) is 13.8 Å². The molecule has 1 aromatic heterocycles. The number of benzene rings is 1. The van der Waals surface area contributed by atoms with E-state index in [0.717, 1.165) is 22.5 Å². The second kappa shape index (κ2) is 8.86. The summed E-state index contributed by atoms with van der Waals surface area (Å²) in [6.45, 7) is 6.60. The van der Waals surface area contributed by atoms with Crippen molar-refractivity contribution in [2.24, 2.45) is 0 Å². The number of hydrogen-bond acceptors (Lipinski definition) is 5. The van der Waals surface area contributed by atoms with Gasteiger partial charge in [0.15, 0.2) is 5.11 Å². The first-order valence-corrected chi connectivity index (χ1v) is 10.4. The number of esters is 1. The normalized spacial score (nSPS) is 16.9. The van der Waals surface area contributed by atoms with Crippen molar-refractivity contribution in [3.8, 4) is 0 Å². The highest BCUT2D eigenvalue weighted by atomic mass is 32.1. The molecule has 148 valence electrons. The van der Waals surface area contributed by atoms with E-state index in [-0.39, 0.29) is 18.6 Å². The molecule has 0 spiro atoms. The van der Waals surface area contributed by atoms with Crippen LogP contribution in [-0.4, -0.2) is 31.4 Å². The molecule has 1 atom stereocenters. The molecule has 2 heterocycles. The molecule has 0 aliphatic carbocycles. The molecule has 0 saturated carbocycles. The standard InChI is InChI=1S/C21H24N2O3S2/c1-13-5-6-17(11-14(13)2)23-15(3)18(20(24)26-9-8-25-4)19(22-21(23)27)16-7-10-28-12-16/h5-7,10-12,19H,8-9H2,1-4H3,(H,22,27). The van der Waals surface area contributed by atoms with Gasteiger partial charge in [-0.05, 0) is 78.6 Å². The molecule has 2 aromatic rings. The van der Waals surface area contributed by atoms with E-state index in [1.165, 1.54) is 5.56 Å². The van der Waals surface area contributed by atoms with Crippen LogP contribution in [0.2, 0.25) is 0 Å². The van der Waals surface area contributed by atoms with Gasteiger partial charge in [0, 0.05) is 18.5 Å². The molecule has 28 heavy (non-hydrogen) atoms. The van der Waals surface area contributed by atoms with E-state index in [4.69, 9.17) is 21.7 Å². The van der Waals surface area contributed by atoms with Crippen molar-refractivity contribution in [2.45, 2.75) is 26.8 Å². The highest BCUT2D eigenvalue weighted by molar-refractivity contribution is 7.80. The smallest absolute Gasteiger partial charge is 0.338 e. The monoisotopic (exact) mass is 416 g/mol. The van der Waals surface area contributed by atoms with Crippen molar-refractivity contribution >= 4 is 40.3 Å². The van der Waals surface area contributed by atoms with Crippen LogP contribution < -0.4 is 10.2 Å². The maximum Gasteiger partial charge on any atom is 0.338 e. The van der Waals surface area contributed by atoms with E-state index in [0.29, 0.717) is 17.3 Å². The van der Waals surface area contributed by atoms with Crippen molar-refractivity contribution in [1.29, 1.82) is 0 Å². The van der Waals surface area contributed by atoms with Crippen LogP contribution in [0.4, 0.5) is 5.69 Å². The van der Waals surface area contributed by atoms with E-state index in [1.807, 2.05) is 34.7 Å². The SMILES string of the molecule is COCCOC(=O)C1=C(C)N(c2ccc(C)c(C)c2)C(=S)NC1c1ccsc1. The summed E-state index contributed by atoms with van der Waals surface area (Å²) in [6.07, 6.45) is 0. The van der Waals surface area contributed by atoms with Crippen molar-refractivity contribution in [1.82, 2.24) is 5.32 Å². The van der Waals surface area contributed by atoms with Crippen LogP contribution in [0.5, 0.6) is 0 Å². The number of nitrogens with zero attached hydrogens (tertiary/aromatic N) is 1. The predicted molar refractivity (Wildman–Crippen MR) is 117 cm³/mol. The lowest BCUT2D eigenvalue weighted by Gasteiger charge is -2.37. The predicted octanol–water partition coefficient (Wildman–Crippen LogP) is 4.26. The Kier molecular flexibility index (Phi) is 6.49. The second-order valence-corrected chi connectivity index (χ2v) is 7.84. The Labute approximate surface area is 175 Å². The van der Waals surface area contributed by atoms with Gasteiger partial charge in [0.25, 0.3) is 0 Å². The van der Waals surface area contributed by atoms with Crippen molar-refractivity contribution in [3.63, 3.8) is 0 Å². The number of methoxy groups -OCH3 is 1. The maximum absolute atomic E-state index is 13.0. The van der Waals surface area contributed by atoms with Gasteiger partial charge in [-0.25, -0.2) is 4.79 Å². The first kappa shape index (κ1) is 20.5. The minimum absolute atomic E-state index is 0.205. The fraction of sp³-hybridized carbons (Fsp3) is 0.333. The molecule has 0 radical (unpaired) electrons. The molecule has 0 fully saturated rings. The molecule has 0 bridgehead atoms. The zero-order valence-corrected chi connectivity index (χ0v) is 18.1. The van der Waals surface area contributed by atoms with E-state index >= 15 is 0 Å². The average molecular weight is 417 g/mol. The Morgan fingerprint density at radius 3 is 2.64 bits per heavy atom. The van der Waals surface area contributed by atoms with Gasteiger partial charge in [-0.2, -0.15) is 11.3 Å². The van der Waals surface area contributed by atoms with Gasteiger partial charge >= 0.3 is 5.97 Å². The van der Waals surface area contributed by atoms with Crippen LogP contribution in [0.25, 0.3) is 0 Å². The molecular weight excluding hydrogens is 392 g/mol. The van der Waals surface area contributed by atoms with Crippen LogP contribution in [-0.2, 0) is 14.3 Å². The fourth-order valence-electron chi connectivity index (χ4n) is 3.17. The third-order valence-corrected chi connectivity index (χ3v) is 5.85. The molecule has 7 heteroatoms. The van der Waals surface area contributed by atoms with Gasteiger partial charge in [-0.15, -0.1) is 0 Å². The molecule has 1 aromatic carbocycles. The third kappa shape index (κ3) is 4.11. The van der Waals surface area contributed by atoms with Crippen LogP contribution in [0.15, 0.2) is 46.3 Å². The zero-order valence-electron chi connectivity index (χ0n) is 16.4. The molecule has 0 saturated heterocycles. The maximum atomic E-state index is 13.0. The first-order chi connectivity index (χ1) is 13.4. The van der Waals surface area contributed by atoms with Crippen LogP contribution in [0.3, 0.4) is 0 Å². The first-order valence-electron chi connectivity index (χ1n) is 9.00. The number of allylic oxidation sites excluding steroid dienone is 1. The summed E-state index contributed by atoms with van der Waals surface area (Å²) < 4.78 is 10.5. The molecular formula is C21H24N2O3S2. The summed E-state index contributed by atoms with van der Waals surface area (Å²) in [5.74, 6) is -0.366. The van der Waals surface area contributed by atoms with Crippen molar-refractivity contribution in [3.05, 3.63) is 63.0 Å². The fourth-order valence-corrected chi connectivity index (χ4v) is 4.21. The van der Waals surface area contributed by atoms with Gasteiger partial charge in [-0.3, -0.25) is 4.90 Å². The minimum Gasteiger partial charge on any atom is -0.460 e. The summed E-state index contributed by atoms with van der Waals surface area (Å²) in [6, 6.07) is 7.80. The van der Waals surface area contributed by atoms with Crippen molar-refractivity contribution in [2.75, 3.05) is 25.2 Å². The summed E-state index contributed by atoms with van der Waals surface area (Å²) in [4.78, 5) is 14.9. The third-order valence-electron chi connectivity index (χ3n) is 4.85. The van der Waals surface area contributed by atoms with Gasteiger partial charge in [-0.1, -0.05) is 6.07 Å². The van der Waals surface area contributed by atoms with Gasteiger partial charge in [0.1, 0.15) is 6.61 Å². The molecule has 0 amide bonds. The largest absolute Gasteiger partial charge is 0.460 e. The number of rotatable bonds is 6. The molecule has 1 N–H and O–H groups in total. The van der Waals surface area contributed by atoms with Gasteiger partial charge < -0.3 is 14.8 Å². The summed E-state index contributed by atoms with van der Waals surface area (Å²) in [7, 11) is 1.58. The topological polar surface area (TPSA) is 50.8 Å². The quantitative estimate of drug-likeness (QED) is 0.431. The highest BCUT2D eigenvalue weighted by Gasteiger charge is 2.35. The second-order valence-electron chi connectivity index (χ2n) is 6.67. The lowest BCUT2D eigenvalue weighted by atomic mass is 9.96. The molecule has 1 aliphatic rings. The van der Waals surface area contributed by atoms with E-state index in [1.54, 1.807) is 18.4 Å². The number of ether oxygens (including phenoxy) is 2. The van der Waals surface area contributed by atoms with Crippen molar-refractivity contribution < 1.29 is 14.3 Å². The number of anilines is 1. The average Bonchev–Trinajstić information content (AvgIpc) is 3.19. The van der Waals surface area contributed by atoms with Crippen LogP contribution in [0.1, 0.15) is 29.7 Å². The number of hydrogen-bond donors (Lipinski definition) is 1. The van der Waals surface area contributed by atoms with E-state index in [9.17, 15) is 4.79 Å². The zero-order chi connectivity index (χ0) is 20.3. The number of aryl methyl sites for hydroxylation is 2. The molecule has 3 rings (SSSR count). The molecule has 1 aliphatic heterocycles. The van der Waals surface area contributed by atoms with Gasteiger partial charge in [0.2, 0.25) is 0 Å². The number of carbonyl (C=O) groups excluding carboxylic acids is 1.